The topological polar surface area (TPSA) is 82.1 Å². The van der Waals surface area contributed by atoms with Gasteiger partial charge in [-0.15, -0.1) is 0 Å². The van der Waals surface area contributed by atoms with Gasteiger partial charge in [-0.25, -0.2) is 4.79 Å². The lowest BCUT2D eigenvalue weighted by molar-refractivity contribution is -0.300. The zero-order valence-corrected chi connectivity index (χ0v) is 16.4. The summed E-state index contributed by atoms with van der Waals surface area (Å²) in [5.41, 5.74) is 1.07. The molecule has 1 saturated heterocycles. The van der Waals surface area contributed by atoms with Crippen LogP contribution in [0.25, 0.3) is 0 Å². The quantitative estimate of drug-likeness (QED) is 0.728. The highest BCUT2D eigenvalue weighted by atomic mass is 16.5. The standard InChI is InChI=1S/C22H22N2O5/c1-14-9-11-16(12-10-14)23-13-22(15-7-5-4-6-8-15)17(20(27)28-2)18(25)19(26)24(22)21(23)29-3/h4-12,21,25H,13H2,1-3H3/p-1/t21-,22-/m0/s1. The molecule has 4 rings (SSSR count). The van der Waals surface area contributed by atoms with E-state index < -0.39 is 29.5 Å². The van der Waals surface area contributed by atoms with Crippen LogP contribution < -0.4 is 10.0 Å². The summed E-state index contributed by atoms with van der Waals surface area (Å²) in [4.78, 5) is 28.9. The van der Waals surface area contributed by atoms with Crippen molar-refractivity contribution in [2.24, 2.45) is 0 Å². The first kappa shape index (κ1) is 19.0. The van der Waals surface area contributed by atoms with E-state index in [2.05, 4.69) is 0 Å². The number of methoxy groups -OCH3 is 2. The summed E-state index contributed by atoms with van der Waals surface area (Å²) < 4.78 is 10.6. The Labute approximate surface area is 168 Å². The average Bonchev–Trinajstić information content (AvgIpc) is 3.19. The van der Waals surface area contributed by atoms with Gasteiger partial charge < -0.3 is 19.5 Å². The van der Waals surface area contributed by atoms with E-state index in [9.17, 15) is 14.7 Å². The van der Waals surface area contributed by atoms with Gasteiger partial charge >= 0.3 is 5.97 Å². The third-order valence-corrected chi connectivity index (χ3v) is 5.57. The van der Waals surface area contributed by atoms with E-state index in [4.69, 9.17) is 9.47 Å². The summed E-state index contributed by atoms with van der Waals surface area (Å²) in [7, 11) is 2.68. The summed E-state index contributed by atoms with van der Waals surface area (Å²) in [5.74, 6) is -2.45. The van der Waals surface area contributed by atoms with Gasteiger partial charge in [-0.1, -0.05) is 48.0 Å². The van der Waals surface area contributed by atoms with Crippen LogP contribution >= 0.6 is 0 Å². The Morgan fingerprint density at radius 1 is 1.10 bits per heavy atom. The van der Waals surface area contributed by atoms with E-state index >= 15 is 0 Å². The van der Waals surface area contributed by atoms with E-state index in [1.807, 2.05) is 42.2 Å². The van der Waals surface area contributed by atoms with Crippen molar-refractivity contribution in [1.82, 2.24) is 4.90 Å². The number of nitrogens with zero attached hydrogens (tertiary/aromatic N) is 2. The van der Waals surface area contributed by atoms with Gasteiger partial charge in [0.15, 0.2) is 0 Å². The Morgan fingerprint density at radius 2 is 1.76 bits per heavy atom. The molecule has 0 saturated carbocycles. The minimum absolute atomic E-state index is 0.181. The molecular formula is C22H21N2O5-. The van der Waals surface area contributed by atoms with E-state index in [0.717, 1.165) is 11.3 Å². The molecule has 2 heterocycles. The molecule has 0 radical (unpaired) electrons. The van der Waals surface area contributed by atoms with Crippen LogP contribution in [0.15, 0.2) is 65.9 Å². The van der Waals surface area contributed by atoms with Crippen molar-refractivity contribution in [1.29, 1.82) is 0 Å². The Morgan fingerprint density at radius 3 is 2.34 bits per heavy atom. The largest absolute Gasteiger partial charge is 0.868 e. The zero-order valence-electron chi connectivity index (χ0n) is 16.4. The molecule has 0 N–H and O–H groups in total. The molecule has 0 spiro atoms. The highest BCUT2D eigenvalue weighted by Crippen LogP contribution is 2.50. The Kier molecular flexibility index (Phi) is 4.55. The summed E-state index contributed by atoms with van der Waals surface area (Å²) in [6, 6.07) is 16.8. The average molecular weight is 393 g/mol. The Bertz CT molecular complexity index is 986. The SMILES string of the molecule is COC(=O)C1=C([O-])C(=O)N2[C@@H](OC)N(c3ccc(C)cc3)C[C@]12c1ccccc1. The van der Waals surface area contributed by atoms with Crippen LogP contribution in [-0.4, -0.2) is 43.9 Å². The van der Waals surface area contributed by atoms with E-state index in [1.165, 1.54) is 19.1 Å². The summed E-state index contributed by atoms with van der Waals surface area (Å²) in [5, 5.41) is 12.8. The van der Waals surface area contributed by atoms with Crippen molar-refractivity contribution in [3.8, 4) is 0 Å². The van der Waals surface area contributed by atoms with Crippen molar-refractivity contribution in [3.05, 3.63) is 77.1 Å². The van der Waals surface area contributed by atoms with Gasteiger partial charge in [-0.3, -0.25) is 9.69 Å². The van der Waals surface area contributed by atoms with E-state index in [0.29, 0.717) is 5.56 Å². The number of amides is 1. The molecule has 0 aromatic heterocycles. The molecule has 2 aromatic rings. The number of carbonyl (C=O) groups is 2. The van der Waals surface area contributed by atoms with Gasteiger partial charge in [0.25, 0.3) is 0 Å². The summed E-state index contributed by atoms with van der Waals surface area (Å²) in [6.07, 6.45) is -0.850. The smallest absolute Gasteiger partial charge is 0.336 e. The molecule has 2 aliphatic heterocycles. The minimum Gasteiger partial charge on any atom is -0.868 e. The second-order valence-corrected chi connectivity index (χ2v) is 7.12. The number of anilines is 1. The van der Waals surface area contributed by atoms with Crippen molar-refractivity contribution in [2.45, 2.75) is 18.8 Å². The van der Waals surface area contributed by atoms with Crippen molar-refractivity contribution in [2.75, 3.05) is 25.7 Å². The summed E-state index contributed by atoms with van der Waals surface area (Å²) >= 11 is 0. The maximum Gasteiger partial charge on any atom is 0.336 e. The first-order valence-electron chi connectivity index (χ1n) is 9.21. The van der Waals surface area contributed by atoms with E-state index in [-0.39, 0.29) is 12.1 Å². The second-order valence-electron chi connectivity index (χ2n) is 7.12. The molecule has 2 aromatic carbocycles. The van der Waals surface area contributed by atoms with Gasteiger partial charge in [0.05, 0.1) is 19.2 Å². The lowest BCUT2D eigenvalue weighted by Gasteiger charge is -2.35. The molecule has 2 atom stereocenters. The highest BCUT2D eigenvalue weighted by Gasteiger charge is 2.62. The molecule has 0 bridgehead atoms. The summed E-state index contributed by atoms with van der Waals surface area (Å²) in [6.45, 7) is 2.16. The van der Waals surface area contributed by atoms with Crippen LogP contribution in [0.3, 0.4) is 0 Å². The molecule has 7 nitrogen and oxygen atoms in total. The van der Waals surface area contributed by atoms with E-state index in [1.54, 1.807) is 24.3 Å². The number of hydrogen-bond donors (Lipinski definition) is 0. The molecule has 0 aliphatic carbocycles. The fourth-order valence-electron chi connectivity index (χ4n) is 4.25. The predicted octanol–water partition coefficient (Wildman–Crippen LogP) is 1.27. The fourth-order valence-corrected chi connectivity index (χ4v) is 4.25. The first-order valence-corrected chi connectivity index (χ1v) is 9.21. The third-order valence-electron chi connectivity index (χ3n) is 5.57. The van der Waals surface area contributed by atoms with Crippen LogP contribution in [0.2, 0.25) is 0 Å². The fraction of sp³-hybridized carbons (Fsp3) is 0.273. The highest BCUT2D eigenvalue weighted by molar-refractivity contribution is 6.08. The number of hydrogen-bond acceptors (Lipinski definition) is 6. The molecule has 150 valence electrons. The lowest BCUT2D eigenvalue weighted by atomic mass is 9.83. The van der Waals surface area contributed by atoms with Crippen LogP contribution in [0.1, 0.15) is 11.1 Å². The van der Waals surface area contributed by atoms with Gasteiger partial charge in [-0.05, 0) is 30.4 Å². The Hall–Kier alpha value is -3.32. The lowest BCUT2D eigenvalue weighted by Crippen LogP contribution is -2.48. The Balaban J connectivity index is 1.95. The number of esters is 1. The number of benzene rings is 2. The molecule has 2 aliphatic rings. The molecule has 29 heavy (non-hydrogen) atoms. The molecular weight excluding hydrogens is 372 g/mol. The normalized spacial score (nSPS) is 23.6. The third kappa shape index (κ3) is 2.61. The molecule has 0 unspecified atom stereocenters. The minimum atomic E-state index is -1.30. The van der Waals surface area contributed by atoms with Crippen LogP contribution in [-0.2, 0) is 24.6 Å². The number of rotatable bonds is 4. The number of fused-ring (bicyclic) bond motifs is 1. The molecule has 7 heteroatoms. The molecule has 1 fully saturated rings. The number of carbonyl (C=O) groups excluding carboxylic acids is 2. The maximum absolute atomic E-state index is 13.0. The van der Waals surface area contributed by atoms with Crippen LogP contribution in [0, 0.1) is 6.92 Å². The number of ether oxygens (including phenoxy) is 2. The van der Waals surface area contributed by atoms with Crippen molar-refractivity contribution >= 4 is 17.6 Å². The van der Waals surface area contributed by atoms with Gasteiger partial charge in [0, 0.05) is 12.8 Å². The van der Waals surface area contributed by atoms with Crippen LogP contribution in [0.4, 0.5) is 5.69 Å². The second kappa shape index (κ2) is 6.93. The first-order chi connectivity index (χ1) is 14.0. The van der Waals surface area contributed by atoms with Gasteiger partial charge in [0.2, 0.25) is 12.3 Å². The van der Waals surface area contributed by atoms with Gasteiger partial charge in [-0.2, -0.15) is 0 Å². The monoisotopic (exact) mass is 393 g/mol. The maximum atomic E-state index is 13.0. The number of aryl methyl sites for hydroxylation is 1. The molecule has 1 amide bonds. The predicted molar refractivity (Wildman–Crippen MR) is 103 cm³/mol. The van der Waals surface area contributed by atoms with Crippen LogP contribution in [0.5, 0.6) is 0 Å². The van der Waals surface area contributed by atoms with Gasteiger partial charge in [0.1, 0.15) is 5.54 Å². The zero-order chi connectivity index (χ0) is 20.8. The van der Waals surface area contributed by atoms with Crippen molar-refractivity contribution < 1.29 is 24.2 Å². The van der Waals surface area contributed by atoms with Crippen molar-refractivity contribution in [3.63, 3.8) is 0 Å².